The topological polar surface area (TPSA) is 29.3 Å². The van der Waals surface area contributed by atoms with Gasteiger partial charge in [-0.3, -0.25) is 4.90 Å². The van der Waals surface area contributed by atoms with Gasteiger partial charge >= 0.3 is 0 Å². The fraction of sp³-hybridized carbons (Fsp3) is 1.00. The Hall–Kier alpha value is 0.270. The van der Waals surface area contributed by atoms with Gasteiger partial charge in [-0.1, -0.05) is 6.92 Å². The van der Waals surface area contributed by atoms with E-state index in [2.05, 4.69) is 30.5 Å². The van der Waals surface area contributed by atoms with Crippen LogP contribution in [0.15, 0.2) is 0 Å². The highest BCUT2D eigenvalue weighted by atomic mass is 32.2. The minimum atomic E-state index is 0.324. The summed E-state index contributed by atoms with van der Waals surface area (Å²) in [5.41, 5.74) is 5.72. The lowest BCUT2D eigenvalue weighted by atomic mass is 10.3. The lowest BCUT2D eigenvalue weighted by Crippen LogP contribution is -2.42. The van der Waals surface area contributed by atoms with Gasteiger partial charge in [0.05, 0.1) is 0 Å². The van der Waals surface area contributed by atoms with Crippen LogP contribution in [0.25, 0.3) is 0 Å². The van der Waals surface area contributed by atoms with E-state index in [0.29, 0.717) is 6.04 Å². The Bertz CT molecular complexity index is 115. The molecular formula is C8H18N2S. The summed E-state index contributed by atoms with van der Waals surface area (Å²) in [6.45, 7) is 7.86. The van der Waals surface area contributed by atoms with Crippen LogP contribution in [0.5, 0.6) is 0 Å². The van der Waals surface area contributed by atoms with Crippen LogP contribution in [-0.2, 0) is 0 Å². The Labute approximate surface area is 73.5 Å². The molecule has 3 heteroatoms. The minimum Gasteiger partial charge on any atom is -0.327 e. The largest absolute Gasteiger partial charge is 0.327 e. The molecule has 0 spiro atoms. The van der Waals surface area contributed by atoms with Crippen molar-refractivity contribution in [2.75, 3.05) is 25.4 Å². The van der Waals surface area contributed by atoms with Crippen molar-refractivity contribution < 1.29 is 0 Å². The molecule has 11 heavy (non-hydrogen) atoms. The van der Waals surface area contributed by atoms with Crippen molar-refractivity contribution in [1.82, 2.24) is 4.90 Å². The Balaban J connectivity index is 2.23. The number of nitrogens with two attached hydrogens (primary N) is 1. The van der Waals surface area contributed by atoms with E-state index in [1.54, 1.807) is 0 Å². The van der Waals surface area contributed by atoms with Gasteiger partial charge in [-0.25, -0.2) is 0 Å². The zero-order valence-corrected chi connectivity index (χ0v) is 8.23. The molecule has 2 atom stereocenters. The number of thioether (sulfide) groups is 1. The average molecular weight is 174 g/mol. The molecule has 0 aromatic carbocycles. The average Bonchev–Trinajstić information content (AvgIpc) is 1.85. The van der Waals surface area contributed by atoms with Crippen LogP contribution in [0.2, 0.25) is 0 Å². The first-order valence-corrected chi connectivity index (χ1v) is 5.33. The van der Waals surface area contributed by atoms with Crippen molar-refractivity contribution in [2.24, 2.45) is 5.73 Å². The molecule has 1 rings (SSSR count). The third-order valence-electron chi connectivity index (χ3n) is 1.87. The first-order valence-electron chi connectivity index (χ1n) is 4.28. The van der Waals surface area contributed by atoms with Crippen molar-refractivity contribution in [3.63, 3.8) is 0 Å². The molecule has 2 unspecified atom stereocenters. The molecule has 0 amide bonds. The summed E-state index contributed by atoms with van der Waals surface area (Å²) in [5, 5.41) is 0.794. The van der Waals surface area contributed by atoms with Crippen LogP contribution in [0.1, 0.15) is 13.8 Å². The number of rotatable bonds is 2. The molecule has 1 heterocycles. The van der Waals surface area contributed by atoms with E-state index in [-0.39, 0.29) is 0 Å². The molecular weight excluding hydrogens is 156 g/mol. The smallest absolute Gasteiger partial charge is 0.0147 e. The Morgan fingerprint density at radius 2 is 2.45 bits per heavy atom. The lowest BCUT2D eigenvalue weighted by molar-refractivity contribution is 0.273. The fourth-order valence-corrected chi connectivity index (χ4v) is 2.55. The van der Waals surface area contributed by atoms with Gasteiger partial charge < -0.3 is 5.73 Å². The monoisotopic (exact) mass is 174 g/mol. The summed E-state index contributed by atoms with van der Waals surface area (Å²) in [6.07, 6.45) is 0. The van der Waals surface area contributed by atoms with Crippen molar-refractivity contribution >= 4 is 11.8 Å². The zero-order valence-electron chi connectivity index (χ0n) is 7.42. The van der Waals surface area contributed by atoms with E-state index in [9.17, 15) is 0 Å². The van der Waals surface area contributed by atoms with E-state index in [4.69, 9.17) is 5.73 Å². The van der Waals surface area contributed by atoms with Crippen LogP contribution in [0.4, 0.5) is 0 Å². The molecule has 66 valence electrons. The number of hydrogen-bond acceptors (Lipinski definition) is 3. The highest BCUT2D eigenvalue weighted by molar-refractivity contribution is 7.99. The summed E-state index contributed by atoms with van der Waals surface area (Å²) in [4.78, 5) is 2.46. The second-order valence-electron chi connectivity index (χ2n) is 3.42. The van der Waals surface area contributed by atoms with Gasteiger partial charge in [0, 0.05) is 36.7 Å². The van der Waals surface area contributed by atoms with Gasteiger partial charge in [0.1, 0.15) is 0 Å². The zero-order chi connectivity index (χ0) is 8.27. The molecule has 0 radical (unpaired) electrons. The maximum absolute atomic E-state index is 5.72. The highest BCUT2D eigenvalue weighted by Gasteiger charge is 2.16. The molecule has 2 nitrogen and oxygen atoms in total. The quantitative estimate of drug-likeness (QED) is 0.670. The van der Waals surface area contributed by atoms with Crippen LogP contribution in [-0.4, -0.2) is 41.6 Å². The van der Waals surface area contributed by atoms with Crippen molar-refractivity contribution in [2.45, 2.75) is 25.1 Å². The van der Waals surface area contributed by atoms with E-state index in [0.717, 1.165) is 11.8 Å². The standard InChI is InChI=1S/C8H18N2S/c1-7(9)5-10-3-4-11-8(2)6-10/h7-8H,3-6,9H2,1-2H3. The van der Waals surface area contributed by atoms with Gasteiger partial charge in [0.2, 0.25) is 0 Å². The van der Waals surface area contributed by atoms with Gasteiger partial charge in [-0.05, 0) is 6.92 Å². The van der Waals surface area contributed by atoms with E-state index in [1.807, 2.05) is 0 Å². The highest BCUT2D eigenvalue weighted by Crippen LogP contribution is 2.17. The van der Waals surface area contributed by atoms with Crippen LogP contribution >= 0.6 is 11.8 Å². The third kappa shape index (κ3) is 3.45. The predicted molar refractivity (Wildman–Crippen MR) is 52.0 cm³/mol. The van der Waals surface area contributed by atoms with Crippen molar-refractivity contribution in [1.29, 1.82) is 0 Å². The van der Waals surface area contributed by atoms with Crippen molar-refractivity contribution in [3.8, 4) is 0 Å². The Kier molecular flexibility index (Phi) is 3.69. The molecule has 0 saturated carbocycles. The summed E-state index contributed by atoms with van der Waals surface area (Å²) in [6, 6.07) is 0.324. The SMILES string of the molecule is CC(N)CN1CCSC(C)C1. The second kappa shape index (κ2) is 4.33. The fourth-order valence-electron chi connectivity index (χ4n) is 1.46. The minimum absolute atomic E-state index is 0.324. The van der Waals surface area contributed by atoms with Gasteiger partial charge in [-0.2, -0.15) is 11.8 Å². The number of hydrogen-bond donors (Lipinski definition) is 1. The molecule has 0 bridgehead atoms. The Morgan fingerprint density at radius 1 is 1.73 bits per heavy atom. The molecule has 0 aliphatic carbocycles. The third-order valence-corrected chi connectivity index (χ3v) is 3.01. The maximum atomic E-state index is 5.72. The van der Waals surface area contributed by atoms with Crippen LogP contribution < -0.4 is 5.73 Å². The first kappa shape index (κ1) is 9.36. The van der Waals surface area contributed by atoms with Gasteiger partial charge in [0.15, 0.2) is 0 Å². The van der Waals surface area contributed by atoms with Gasteiger partial charge in [-0.15, -0.1) is 0 Å². The van der Waals surface area contributed by atoms with E-state index < -0.39 is 0 Å². The summed E-state index contributed by atoms with van der Waals surface area (Å²) in [5.74, 6) is 1.27. The molecule has 1 aliphatic rings. The molecule has 1 fully saturated rings. The second-order valence-corrected chi connectivity index (χ2v) is 4.96. The molecule has 2 N–H and O–H groups in total. The Morgan fingerprint density at radius 3 is 3.00 bits per heavy atom. The van der Waals surface area contributed by atoms with Crippen LogP contribution in [0, 0.1) is 0 Å². The lowest BCUT2D eigenvalue weighted by Gasteiger charge is -2.31. The van der Waals surface area contributed by atoms with Crippen molar-refractivity contribution in [3.05, 3.63) is 0 Å². The molecule has 0 aromatic heterocycles. The van der Waals surface area contributed by atoms with Crippen LogP contribution in [0.3, 0.4) is 0 Å². The summed E-state index contributed by atoms with van der Waals surface area (Å²) < 4.78 is 0. The summed E-state index contributed by atoms with van der Waals surface area (Å²) in [7, 11) is 0. The predicted octanol–water partition coefficient (Wildman–Crippen LogP) is 0.771. The van der Waals surface area contributed by atoms with E-state index in [1.165, 1.54) is 18.8 Å². The first-order chi connectivity index (χ1) is 5.18. The molecule has 1 saturated heterocycles. The molecule has 0 aromatic rings. The van der Waals surface area contributed by atoms with Gasteiger partial charge in [0.25, 0.3) is 0 Å². The maximum Gasteiger partial charge on any atom is 0.0147 e. The summed E-state index contributed by atoms with van der Waals surface area (Å²) >= 11 is 2.07. The molecule has 1 aliphatic heterocycles. The number of nitrogens with zero attached hydrogens (tertiary/aromatic N) is 1. The van der Waals surface area contributed by atoms with E-state index >= 15 is 0 Å². The normalized spacial score (nSPS) is 30.3.